The molecule has 2 heterocycles. The van der Waals surface area contributed by atoms with Crippen LogP contribution in [0.5, 0.6) is 0 Å². The quantitative estimate of drug-likeness (QED) is 0.811. The van der Waals surface area contributed by atoms with Crippen LogP contribution in [0, 0.1) is 24.7 Å². The summed E-state index contributed by atoms with van der Waals surface area (Å²) < 4.78 is 6.94. The summed E-state index contributed by atoms with van der Waals surface area (Å²) in [6.45, 7) is 1.93. The number of carbonyl (C=O) groups excluding carboxylic acids is 1. The fourth-order valence-electron chi connectivity index (χ4n) is 4.49. The average Bonchev–Trinajstić information content (AvgIpc) is 3.15. The van der Waals surface area contributed by atoms with Crippen molar-refractivity contribution in [2.24, 2.45) is 17.8 Å². The van der Waals surface area contributed by atoms with Crippen molar-refractivity contribution in [1.29, 1.82) is 0 Å². The number of esters is 1. The van der Waals surface area contributed by atoms with E-state index in [-0.39, 0.29) is 18.1 Å². The summed E-state index contributed by atoms with van der Waals surface area (Å²) in [5, 5.41) is 0. The Bertz CT molecular complexity index is 842. The maximum absolute atomic E-state index is 12.2. The van der Waals surface area contributed by atoms with E-state index in [1.165, 1.54) is 31.7 Å². The van der Waals surface area contributed by atoms with Gasteiger partial charge < -0.3 is 4.74 Å². The first-order chi connectivity index (χ1) is 11.6. The van der Waals surface area contributed by atoms with Crippen LogP contribution in [0.15, 0.2) is 29.1 Å². The number of hydrogen-bond donors (Lipinski definition) is 0. The van der Waals surface area contributed by atoms with Crippen molar-refractivity contribution in [2.75, 3.05) is 0 Å². The van der Waals surface area contributed by atoms with Gasteiger partial charge in [0.1, 0.15) is 12.3 Å². The molecule has 2 bridgehead atoms. The molecule has 2 fully saturated rings. The molecule has 5 nitrogen and oxygen atoms in total. The minimum absolute atomic E-state index is 0.0688. The van der Waals surface area contributed by atoms with E-state index in [4.69, 9.17) is 4.74 Å². The van der Waals surface area contributed by atoms with Crippen LogP contribution in [-0.4, -0.2) is 15.4 Å². The number of fused-ring (bicyclic) bond motifs is 3. The Morgan fingerprint density at radius 2 is 2.21 bits per heavy atom. The number of hydrogen-bond acceptors (Lipinski definition) is 4. The highest BCUT2D eigenvalue weighted by Gasteiger charge is 2.40. The van der Waals surface area contributed by atoms with Gasteiger partial charge in [-0.3, -0.25) is 14.0 Å². The summed E-state index contributed by atoms with van der Waals surface area (Å²) in [6.07, 6.45) is 5.58. The second-order valence-electron chi connectivity index (χ2n) is 7.25. The van der Waals surface area contributed by atoms with Gasteiger partial charge in [-0.2, -0.15) is 0 Å². The Hall–Kier alpha value is -2.17. The van der Waals surface area contributed by atoms with Crippen LogP contribution in [0.25, 0.3) is 5.65 Å². The third kappa shape index (κ3) is 2.83. The molecule has 2 saturated carbocycles. The van der Waals surface area contributed by atoms with Gasteiger partial charge in [-0.1, -0.05) is 12.5 Å². The van der Waals surface area contributed by atoms with Gasteiger partial charge in [-0.15, -0.1) is 0 Å². The van der Waals surface area contributed by atoms with Crippen molar-refractivity contribution in [2.45, 2.75) is 45.6 Å². The van der Waals surface area contributed by atoms with Gasteiger partial charge in [0, 0.05) is 18.2 Å². The molecule has 5 heteroatoms. The number of nitrogens with zero attached hydrogens (tertiary/aromatic N) is 2. The first kappa shape index (κ1) is 15.4. The van der Waals surface area contributed by atoms with Crippen molar-refractivity contribution in [3.05, 3.63) is 46.0 Å². The van der Waals surface area contributed by atoms with Gasteiger partial charge in [0.25, 0.3) is 5.56 Å². The normalized spacial score (nSPS) is 25.3. The van der Waals surface area contributed by atoms with Crippen LogP contribution < -0.4 is 5.56 Å². The standard InChI is InChI=1S/C19H22N2O3/c1-12-3-2-4-17-20-16(10-18(22)21(12)17)11-24-19(23)9-15-8-13-5-6-14(15)7-13/h2-4,10,13-15H,5-9,11H2,1H3/t13-,14-,15-/m1/s1. The monoisotopic (exact) mass is 326 g/mol. The fraction of sp³-hybridized carbons (Fsp3) is 0.526. The predicted octanol–water partition coefficient (Wildman–Crippen LogP) is 2.87. The molecule has 0 unspecified atom stereocenters. The first-order valence-electron chi connectivity index (χ1n) is 8.74. The third-order valence-electron chi connectivity index (χ3n) is 5.63. The van der Waals surface area contributed by atoms with E-state index in [2.05, 4.69) is 4.98 Å². The number of pyridine rings is 1. The lowest BCUT2D eigenvalue weighted by atomic mass is 9.86. The molecule has 0 radical (unpaired) electrons. The third-order valence-corrected chi connectivity index (χ3v) is 5.63. The van der Waals surface area contributed by atoms with E-state index in [1.807, 2.05) is 19.1 Å². The number of carbonyl (C=O) groups is 1. The topological polar surface area (TPSA) is 60.7 Å². The second kappa shape index (κ2) is 6.04. The summed E-state index contributed by atoms with van der Waals surface area (Å²) in [5.41, 5.74) is 1.79. The van der Waals surface area contributed by atoms with Crippen molar-refractivity contribution >= 4 is 11.6 Å². The summed E-state index contributed by atoms with van der Waals surface area (Å²) in [7, 11) is 0. The molecule has 126 valence electrons. The van der Waals surface area contributed by atoms with E-state index in [9.17, 15) is 9.59 Å². The molecule has 2 aliphatic rings. The van der Waals surface area contributed by atoms with Crippen LogP contribution in [0.3, 0.4) is 0 Å². The maximum Gasteiger partial charge on any atom is 0.306 e. The number of ether oxygens (including phenoxy) is 1. The summed E-state index contributed by atoms with van der Waals surface area (Å²) in [5.74, 6) is 1.88. The molecule has 3 atom stereocenters. The van der Waals surface area contributed by atoms with Crippen LogP contribution in [0.1, 0.15) is 43.5 Å². The molecular weight excluding hydrogens is 304 g/mol. The SMILES string of the molecule is Cc1cccc2nc(COC(=O)C[C@H]3C[C@@H]4CC[C@@H]3C4)cc(=O)n12. The molecule has 2 aromatic heterocycles. The Kier molecular flexibility index (Phi) is 3.87. The molecule has 4 rings (SSSR count). The number of aromatic nitrogens is 2. The zero-order valence-corrected chi connectivity index (χ0v) is 13.9. The lowest BCUT2D eigenvalue weighted by Crippen LogP contribution is -2.19. The number of rotatable bonds is 4. The minimum Gasteiger partial charge on any atom is -0.459 e. The average molecular weight is 326 g/mol. The van der Waals surface area contributed by atoms with Crippen molar-refractivity contribution in [3.8, 4) is 0 Å². The van der Waals surface area contributed by atoms with Crippen LogP contribution in [0.4, 0.5) is 0 Å². The maximum atomic E-state index is 12.2. The van der Waals surface area contributed by atoms with Crippen LogP contribution >= 0.6 is 0 Å². The zero-order valence-electron chi connectivity index (χ0n) is 13.9. The van der Waals surface area contributed by atoms with E-state index in [0.717, 1.165) is 11.6 Å². The second-order valence-corrected chi connectivity index (χ2v) is 7.25. The van der Waals surface area contributed by atoms with Crippen molar-refractivity contribution < 1.29 is 9.53 Å². The Morgan fingerprint density at radius 1 is 1.33 bits per heavy atom. The molecule has 0 aliphatic heterocycles. The molecule has 24 heavy (non-hydrogen) atoms. The first-order valence-corrected chi connectivity index (χ1v) is 8.74. The van der Waals surface area contributed by atoms with Crippen molar-refractivity contribution in [1.82, 2.24) is 9.38 Å². The summed E-state index contributed by atoms with van der Waals surface area (Å²) in [6, 6.07) is 6.97. The van der Waals surface area contributed by atoms with Gasteiger partial charge in [0.05, 0.1) is 5.69 Å². The molecule has 0 spiro atoms. The van der Waals surface area contributed by atoms with Gasteiger partial charge >= 0.3 is 5.97 Å². The largest absolute Gasteiger partial charge is 0.459 e. The van der Waals surface area contributed by atoms with Crippen molar-refractivity contribution in [3.63, 3.8) is 0 Å². The number of aryl methyl sites for hydroxylation is 1. The Balaban J connectivity index is 1.41. The molecule has 0 N–H and O–H groups in total. The lowest BCUT2D eigenvalue weighted by molar-refractivity contribution is -0.146. The molecule has 0 aromatic carbocycles. The van der Waals surface area contributed by atoms with E-state index in [1.54, 1.807) is 10.5 Å². The molecule has 2 aromatic rings. The molecule has 2 aliphatic carbocycles. The summed E-state index contributed by atoms with van der Waals surface area (Å²) >= 11 is 0. The molecule has 0 saturated heterocycles. The Labute approximate surface area is 140 Å². The highest BCUT2D eigenvalue weighted by molar-refractivity contribution is 5.69. The smallest absolute Gasteiger partial charge is 0.306 e. The van der Waals surface area contributed by atoms with Gasteiger partial charge in [-0.25, -0.2) is 4.98 Å². The zero-order chi connectivity index (χ0) is 16.7. The highest BCUT2D eigenvalue weighted by Crippen LogP contribution is 2.49. The van der Waals surface area contributed by atoms with Crippen LogP contribution in [-0.2, 0) is 16.1 Å². The fourth-order valence-corrected chi connectivity index (χ4v) is 4.49. The summed E-state index contributed by atoms with van der Waals surface area (Å²) in [4.78, 5) is 28.8. The van der Waals surface area contributed by atoms with Gasteiger partial charge in [-0.05, 0) is 56.1 Å². The lowest BCUT2D eigenvalue weighted by Gasteiger charge is -2.20. The molecular formula is C19H22N2O3. The minimum atomic E-state index is -0.168. The van der Waals surface area contributed by atoms with E-state index < -0.39 is 0 Å². The van der Waals surface area contributed by atoms with E-state index >= 15 is 0 Å². The van der Waals surface area contributed by atoms with Gasteiger partial charge in [0.15, 0.2) is 0 Å². The van der Waals surface area contributed by atoms with Crippen LogP contribution in [0.2, 0.25) is 0 Å². The Morgan fingerprint density at radius 3 is 2.96 bits per heavy atom. The predicted molar refractivity (Wildman–Crippen MR) is 89.6 cm³/mol. The molecule has 0 amide bonds. The highest BCUT2D eigenvalue weighted by atomic mass is 16.5. The van der Waals surface area contributed by atoms with E-state index in [0.29, 0.717) is 29.6 Å². The van der Waals surface area contributed by atoms with Gasteiger partial charge in [0.2, 0.25) is 0 Å².